The number of carbonyl (C=O) groups is 2. The molecule has 0 spiro atoms. The average Bonchev–Trinajstić information content (AvgIpc) is 3.52. The second kappa shape index (κ2) is 9.72. The molecule has 6 heteroatoms. The van der Waals surface area contributed by atoms with Crippen molar-refractivity contribution in [2.45, 2.75) is 70.9 Å². The fraction of sp³-hybridized carbons (Fsp3) is 0.500. The topological polar surface area (TPSA) is 97.1 Å². The molecule has 2 fully saturated rings. The van der Waals surface area contributed by atoms with Crippen molar-refractivity contribution in [2.75, 3.05) is 5.73 Å². The number of rotatable bonds is 8. The zero-order chi connectivity index (χ0) is 22.7. The van der Waals surface area contributed by atoms with Crippen LogP contribution < -0.4 is 16.4 Å². The molecule has 0 unspecified atom stereocenters. The third kappa shape index (κ3) is 5.67. The number of carbonyl (C=O) groups excluding carboxylic acids is 2. The first-order chi connectivity index (χ1) is 15.4. The van der Waals surface area contributed by atoms with Gasteiger partial charge in [0.05, 0.1) is 0 Å². The Morgan fingerprint density at radius 2 is 1.97 bits per heavy atom. The van der Waals surface area contributed by atoms with Crippen LogP contribution in [0.1, 0.15) is 67.3 Å². The van der Waals surface area contributed by atoms with E-state index in [1.54, 1.807) is 13.0 Å². The van der Waals surface area contributed by atoms with E-state index in [-0.39, 0.29) is 17.7 Å². The van der Waals surface area contributed by atoms with Gasteiger partial charge in [-0.25, -0.2) is 4.98 Å². The number of aromatic nitrogens is 1. The first-order valence-electron chi connectivity index (χ1n) is 11.8. The Labute approximate surface area is 190 Å². The van der Waals surface area contributed by atoms with Gasteiger partial charge in [-0.05, 0) is 87.0 Å². The number of hydrogen-bond acceptors (Lipinski definition) is 4. The Balaban J connectivity index is 1.22. The summed E-state index contributed by atoms with van der Waals surface area (Å²) in [7, 11) is 0. The van der Waals surface area contributed by atoms with E-state index in [1.807, 2.05) is 13.0 Å². The maximum absolute atomic E-state index is 12.8. The summed E-state index contributed by atoms with van der Waals surface area (Å²) >= 11 is 0. The van der Waals surface area contributed by atoms with Crippen LogP contribution in [0.5, 0.6) is 0 Å². The summed E-state index contributed by atoms with van der Waals surface area (Å²) in [5.74, 6) is 1.55. The number of anilines is 1. The van der Waals surface area contributed by atoms with Crippen LogP contribution in [0.2, 0.25) is 0 Å². The molecule has 0 bridgehead atoms. The lowest BCUT2D eigenvalue weighted by atomic mass is 9.95. The lowest BCUT2D eigenvalue weighted by Crippen LogP contribution is -2.46. The van der Waals surface area contributed by atoms with E-state index in [2.05, 4.69) is 39.9 Å². The summed E-state index contributed by atoms with van der Waals surface area (Å²) in [5, 5.41) is 5.79. The van der Waals surface area contributed by atoms with Gasteiger partial charge in [0.2, 0.25) is 11.8 Å². The number of nitrogens with zero attached hydrogens (tertiary/aromatic N) is 1. The molecule has 32 heavy (non-hydrogen) atoms. The molecule has 2 amide bonds. The van der Waals surface area contributed by atoms with Crippen molar-refractivity contribution in [3.63, 3.8) is 0 Å². The van der Waals surface area contributed by atoms with Gasteiger partial charge >= 0.3 is 0 Å². The Morgan fingerprint density at radius 1 is 1.16 bits per heavy atom. The largest absolute Gasteiger partial charge is 0.384 e. The molecule has 3 atom stereocenters. The fourth-order valence-corrected chi connectivity index (χ4v) is 4.75. The standard InChI is InChI=1S/C26H34N4O2/c1-16-23(10-11-24(27)29-16)15-28-25(31)17(2)30-26(32)22-7-6-19(14-22)12-18-4-3-5-21(13-18)20-8-9-20/h3-5,10-11,13,17,19-20,22H,6-9,12,14-15H2,1-2H3,(H2,27,29)(H,28,31)(H,30,32)/t17-,19-,22+/m0/s1. The summed E-state index contributed by atoms with van der Waals surface area (Å²) in [6.07, 6.45) is 6.52. The average molecular weight is 435 g/mol. The van der Waals surface area contributed by atoms with E-state index >= 15 is 0 Å². The molecule has 2 aliphatic rings. The molecule has 0 aliphatic heterocycles. The van der Waals surface area contributed by atoms with Gasteiger partial charge in [0, 0.05) is 18.2 Å². The summed E-state index contributed by atoms with van der Waals surface area (Å²) in [6.45, 7) is 3.96. The Morgan fingerprint density at radius 3 is 2.72 bits per heavy atom. The summed E-state index contributed by atoms with van der Waals surface area (Å²) in [4.78, 5) is 29.4. The van der Waals surface area contributed by atoms with Gasteiger partial charge in [0.25, 0.3) is 0 Å². The molecule has 1 aromatic carbocycles. The summed E-state index contributed by atoms with van der Waals surface area (Å²) in [5.41, 5.74) is 10.2. The number of nitrogens with one attached hydrogen (secondary N) is 2. The van der Waals surface area contributed by atoms with Gasteiger partial charge in [-0.3, -0.25) is 9.59 Å². The first kappa shape index (κ1) is 22.3. The molecule has 6 nitrogen and oxygen atoms in total. The van der Waals surface area contributed by atoms with Crippen LogP contribution in [0.3, 0.4) is 0 Å². The number of nitrogens with two attached hydrogens (primary N) is 1. The van der Waals surface area contributed by atoms with Crippen molar-refractivity contribution in [3.05, 3.63) is 58.8 Å². The van der Waals surface area contributed by atoms with Gasteiger partial charge in [0.1, 0.15) is 11.9 Å². The normalized spacial score (nSPS) is 21.2. The van der Waals surface area contributed by atoms with E-state index < -0.39 is 6.04 Å². The van der Waals surface area contributed by atoms with Crippen molar-refractivity contribution in [3.8, 4) is 0 Å². The third-order valence-electron chi connectivity index (χ3n) is 6.86. The fourth-order valence-electron chi connectivity index (χ4n) is 4.75. The van der Waals surface area contributed by atoms with E-state index in [1.165, 1.54) is 24.0 Å². The number of amides is 2. The molecule has 0 radical (unpaired) electrons. The SMILES string of the molecule is Cc1nc(N)ccc1CNC(=O)[C@H](C)NC(=O)[C@@H]1CC[C@@H](Cc2cccc(C3CC3)c2)C1. The maximum Gasteiger partial charge on any atom is 0.242 e. The van der Waals surface area contributed by atoms with E-state index in [0.717, 1.165) is 42.9 Å². The minimum absolute atomic E-state index is 0.00721. The van der Waals surface area contributed by atoms with Crippen LogP contribution in [0.4, 0.5) is 5.82 Å². The lowest BCUT2D eigenvalue weighted by Gasteiger charge is -2.18. The monoisotopic (exact) mass is 434 g/mol. The highest BCUT2D eigenvalue weighted by Crippen LogP contribution is 2.41. The number of aryl methyl sites for hydroxylation is 1. The van der Waals surface area contributed by atoms with Gasteiger partial charge < -0.3 is 16.4 Å². The number of pyridine rings is 1. The van der Waals surface area contributed by atoms with Crippen LogP contribution in [0.25, 0.3) is 0 Å². The van der Waals surface area contributed by atoms with E-state index in [4.69, 9.17) is 5.73 Å². The van der Waals surface area contributed by atoms with Crippen LogP contribution in [0.15, 0.2) is 36.4 Å². The Bertz CT molecular complexity index is 986. The summed E-state index contributed by atoms with van der Waals surface area (Å²) < 4.78 is 0. The van der Waals surface area contributed by atoms with Gasteiger partial charge in [-0.15, -0.1) is 0 Å². The predicted molar refractivity (Wildman–Crippen MR) is 126 cm³/mol. The quantitative estimate of drug-likeness (QED) is 0.591. The molecule has 2 saturated carbocycles. The zero-order valence-corrected chi connectivity index (χ0v) is 19.1. The highest BCUT2D eigenvalue weighted by molar-refractivity contribution is 5.88. The van der Waals surface area contributed by atoms with Crippen LogP contribution >= 0.6 is 0 Å². The summed E-state index contributed by atoms with van der Waals surface area (Å²) in [6, 6.07) is 12.0. The highest BCUT2D eigenvalue weighted by Gasteiger charge is 2.31. The van der Waals surface area contributed by atoms with Crippen LogP contribution in [-0.2, 0) is 22.6 Å². The molecular weight excluding hydrogens is 400 g/mol. The molecule has 1 aromatic heterocycles. The van der Waals surface area contributed by atoms with Crippen molar-refractivity contribution in [1.29, 1.82) is 0 Å². The van der Waals surface area contributed by atoms with E-state index in [9.17, 15) is 9.59 Å². The maximum atomic E-state index is 12.8. The molecule has 170 valence electrons. The third-order valence-corrected chi connectivity index (χ3v) is 6.86. The second-order valence-electron chi connectivity index (χ2n) is 9.53. The number of hydrogen-bond donors (Lipinski definition) is 3. The van der Waals surface area contributed by atoms with Gasteiger partial charge in [0.15, 0.2) is 0 Å². The predicted octanol–water partition coefficient (Wildman–Crippen LogP) is 3.63. The highest BCUT2D eigenvalue weighted by atomic mass is 16.2. The zero-order valence-electron chi connectivity index (χ0n) is 19.1. The van der Waals surface area contributed by atoms with Crippen LogP contribution in [-0.4, -0.2) is 22.8 Å². The van der Waals surface area contributed by atoms with Gasteiger partial charge in [-0.2, -0.15) is 0 Å². The van der Waals surface area contributed by atoms with Crippen LogP contribution in [0, 0.1) is 18.8 Å². The minimum atomic E-state index is -0.571. The lowest BCUT2D eigenvalue weighted by molar-refractivity contribution is -0.130. The molecule has 2 aromatic rings. The molecule has 4 N–H and O–H groups in total. The second-order valence-corrected chi connectivity index (χ2v) is 9.53. The molecule has 2 aliphatic carbocycles. The smallest absolute Gasteiger partial charge is 0.242 e. The van der Waals surface area contributed by atoms with Crippen molar-refractivity contribution in [2.24, 2.45) is 11.8 Å². The van der Waals surface area contributed by atoms with Crippen molar-refractivity contribution in [1.82, 2.24) is 15.6 Å². The molecule has 1 heterocycles. The molecule has 0 saturated heterocycles. The number of nitrogen functional groups attached to an aromatic ring is 1. The van der Waals surface area contributed by atoms with E-state index in [0.29, 0.717) is 18.3 Å². The Kier molecular flexibility index (Phi) is 6.77. The molecule has 4 rings (SSSR count). The minimum Gasteiger partial charge on any atom is -0.384 e. The van der Waals surface area contributed by atoms with Crippen molar-refractivity contribution >= 4 is 17.6 Å². The van der Waals surface area contributed by atoms with Crippen molar-refractivity contribution < 1.29 is 9.59 Å². The first-order valence-corrected chi connectivity index (χ1v) is 11.8. The number of benzene rings is 1. The van der Waals surface area contributed by atoms with Gasteiger partial charge in [-0.1, -0.05) is 30.3 Å². The molecular formula is C26H34N4O2. The Hall–Kier alpha value is -2.89.